The summed E-state index contributed by atoms with van der Waals surface area (Å²) in [5.74, 6) is -0.745. The van der Waals surface area contributed by atoms with Gasteiger partial charge in [0.05, 0.1) is 33.6 Å². The molecule has 5 aliphatic rings. The van der Waals surface area contributed by atoms with Gasteiger partial charge in [-0.2, -0.15) is 9.97 Å². The lowest BCUT2D eigenvalue weighted by Crippen LogP contribution is -2.51. The molecule has 0 aliphatic carbocycles. The molecule has 7 aromatic rings. The van der Waals surface area contributed by atoms with Gasteiger partial charge in [-0.05, 0) is 98.5 Å². The lowest BCUT2D eigenvalue weighted by molar-refractivity contribution is -0.141. The first-order valence-corrected chi connectivity index (χ1v) is 30.4. The van der Waals surface area contributed by atoms with E-state index < -0.39 is 30.0 Å². The van der Waals surface area contributed by atoms with Crippen LogP contribution in [-0.4, -0.2) is 170 Å². The minimum Gasteiger partial charge on any atom is -0.508 e. The standard InChI is InChI=1S/C62H73FN12O8S/c1-7-37-9-8-10-40-23-45(76)24-47(53(37)40)55-54(63)56-48(27-64-55)58(74-28-41-15-16-42(29-74)67-41)69-61(68-56)81-31-43-17-18-44(71(43)6)32-82-62(80)73-21-19-72(20-22-73)51-26-50(83-70-51)52(34(2)3)60(79)75-30-46(77)25-49(75)59(78)66-35(4)38-11-13-39(14-12-38)57-36(5)65-33-84-57/h8-14,23-24,26-27,33-35,41-44,46,49,52,67,76-77H,7,15-22,25,28-32H2,1-6H3,(H,66,78)/t35?,41?,42?,43-,44+,46+,49-,52?/m0/s1. The lowest BCUT2D eigenvalue weighted by atomic mass is 9.91. The summed E-state index contributed by atoms with van der Waals surface area (Å²) in [7, 11) is 1.99. The first-order chi connectivity index (χ1) is 40.6. The monoisotopic (exact) mass is 1160 g/mol. The van der Waals surface area contributed by atoms with Gasteiger partial charge in [-0.15, -0.1) is 11.3 Å². The SMILES string of the molecule is CCc1cccc2cc(O)cc(-c3ncc4c(N5CC6CCC(C5)N6)nc(OC[C@@H]5CC[C@H](COC(=O)N6CCN(c7cc(C(C(=O)N8C[C@H](O)C[C@H]8C(=O)NC(C)c8ccc(-c9scnc9C)cc8)C(C)C)on7)CC6)N5C)nc4c3F)c12. The van der Waals surface area contributed by atoms with Crippen molar-refractivity contribution in [3.63, 3.8) is 0 Å². The maximum Gasteiger partial charge on any atom is 0.409 e. The van der Waals surface area contributed by atoms with Crippen LogP contribution in [0.1, 0.15) is 94.3 Å². The number of hydrogen-bond acceptors (Lipinski definition) is 18. The molecule has 0 saturated carbocycles. The molecule has 5 aliphatic heterocycles. The average molecular weight is 1170 g/mol. The number of carbonyl (C=O) groups is 3. The molecule has 3 aromatic carbocycles. The van der Waals surface area contributed by atoms with Gasteiger partial charge in [-0.3, -0.25) is 19.5 Å². The number of nitrogens with zero attached hydrogens (tertiary/aromatic N) is 10. The third kappa shape index (κ3) is 11.3. The number of aliphatic hydroxyl groups is 1. The number of aromatic hydroxyl groups is 1. The van der Waals surface area contributed by atoms with Crippen molar-refractivity contribution in [2.24, 2.45) is 5.92 Å². The van der Waals surface area contributed by atoms with Gasteiger partial charge in [-0.1, -0.05) is 68.4 Å². The molecule has 5 saturated heterocycles. The van der Waals surface area contributed by atoms with Crippen molar-refractivity contribution in [2.75, 3.05) is 75.9 Å². The quantitative estimate of drug-likeness (QED) is 0.0719. The second kappa shape index (κ2) is 23.9. The van der Waals surface area contributed by atoms with Crippen molar-refractivity contribution in [1.82, 2.24) is 50.4 Å². The van der Waals surface area contributed by atoms with Crippen molar-refractivity contribution in [3.05, 3.63) is 101 Å². The number of nitrogens with one attached hydrogen (secondary N) is 2. The molecule has 4 aromatic heterocycles. The molecule has 0 radical (unpaired) electrons. The van der Waals surface area contributed by atoms with Gasteiger partial charge in [0.25, 0.3) is 0 Å². The minimum atomic E-state index is -0.866. The number of anilines is 2. The topological polar surface area (TPSA) is 228 Å². The number of pyridine rings is 1. The van der Waals surface area contributed by atoms with E-state index in [2.05, 4.69) is 30.6 Å². The Morgan fingerprint density at radius 3 is 2.38 bits per heavy atom. The van der Waals surface area contributed by atoms with Crippen molar-refractivity contribution in [1.29, 1.82) is 0 Å². The van der Waals surface area contributed by atoms with Gasteiger partial charge in [0.1, 0.15) is 48.0 Å². The van der Waals surface area contributed by atoms with E-state index in [4.69, 9.17) is 28.9 Å². The molecule has 84 heavy (non-hydrogen) atoms. The fraction of sp³-hybridized carbons (Fsp3) is 0.484. The zero-order valence-corrected chi connectivity index (χ0v) is 49.1. The number of amides is 3. The number of rotatable bonds is 16. The van der Waals surface area contributed by atoms with E-state index in [0.717, 1.165) is 63.7 Å². The summed E-state index contributed by atoms with van der Waals surface area (Å²) in [5.41, 5.74) is 6.45. The summed E-state index contributed by atoms with van der Waals surface area (Å²) in [5, 5.41) is 34.9. The van der Waals surface area contributed by atoms with Gasteiger partial charge in [-0.25, -0.2) is 14.2 Å². The van der Waals surface area contributed by atoms with Gasteiger partial charge in [0.2, 0.25) is 11.8 Å². The van der Waals surface area contributed by atoms with Gasteiger partial charge in [0.15, 0.2) is 17.4 Å². The molecule has 442 valence electrons. The highest BCUT2D eigenvalue weighted by Crippen LogP contribution is 2.40. The number of hydrogen-bond donors (Lipinski definition) is 4. The van der Waals surface area contributed by atoms with E-state index in [0.29, 0.717) is 86.1 Å². The van der Waals surface area contributed by atoms with Gasteiger partial charge >= 0.3 is 12.1 Å². The van der Waals surface area contributed by atoms with Crippen LogP contribution >= 0.6 is 11.3 Å². The summed E-state index contributed by atoms with van der Waals surface area (Å²) in [6.07, 6.45) is 4.86. The fourth-order valence-corrected chi connectivity index (χ4v) is 14.0. The number of aliphatic hydroxyl groups excluding tert-OH is 1. The Balaban J connectivity index is 0.651. The molecular formula is C62H73FN12O8S. The smallest absolute Gasteiger partial charge is 0.409 e. The number of fused-ring (bicyclic) bond motifs is 4. The number of ether oxygens (including phenoxy) is 2. The van der Waals surface area contributed by atoms with Crippen LogP contribution in [0, 0.1) is 18.7 Å². The summed E-state index contributed by atoms with van der Waals surface area (Å²) in [4.78, 5) is 71.2. The third-order valence-corrected chi connectivity index (χ3v) is 18.9. The number of phenols is 1. The van der Waals surface area contributed by atoms with Crippen molar-refractivity contribution in [3.8, 4) is 33.5 Å². The molecular weight excluding hydrogens is 1090 g/mol. The van der Waals surface area contributed by atoms with E-state index in [1.165, 1.54) is 4.90 Å². The van der Waals surface area contributed by atoms with Gasteiger partial charge < -0.3 is 54.4 Å². The molecule has 2 bridgehead atoms. The van der Waals surface area contributed by atoms with E-state index in [1.807, 2.05) is 94.5 Å². The van der Waals surface area contributed by atoms with E-state index in [-0.39, 0.29) is 85.0 Å². The number of aryl methyl sites for hydroxylation is 2. The maximum atomic E-state index is 17.2. The number of benzene rings is 3. The average Bonchev–Trinajstić information content (AvgIpc) is 1.50. The summed E-state index contributed by atoms with van der Waals surface area (Å²) in [6, 6.07) is 18.2. The van der Waals surface area contributed by atoms with E-state index in [9.17, 15) is 24.6 Å². The van der Waals surface area contributed by atoms with Gasteiger partial charge in [0, 0.05) is 94.2 Å². The molecule has 12 rings (SSSR count). The molecule has 4 N–H and O–H groups in total. The molecule has 22 heteroatoms. The number of likely N-dealkylation sites (tertiary alicyclic amines) is 2. The summed E-state index contributed by atoms with van der Waals surface area (Å²) < 4.78 is 35.5. The lowest BCUT2D eigenvalue weighted by Gasteiger charge is -2.34. The second-order valence-electron chi connectivity index (χ2n) is 23.7. The minimum absolute atomic E-state index is 0.0168. The number of carbonyl (C=O) groups excluding carboxylic acids is 3. The Labute approximate surface area is 491 Å². The number of phenolic OH excluding ortho intramolecular Hbond substituents is 1. The molecule has 0 spiro atoms. The molecule has 20 nitrogen and oxygen atoms in total. The Bertz CT molecular complexity index is 3560. The summed E-state index contributed by atoms with van der Waals surface area (Å²) >= 11 is 1.58. The summed E-state index contributed by atoms with van der Waals surface area (Å²) in [6.45, 7) is 13.3. The first kappa shape index (κ1) is 56.9. The highest BCUT2D eigenvalue weighted by atomic mass is 32.1. The zero-order chi connectivity index (χ0) is 58.5. The molecule has 8 atom stereocenters. The first-order valence-electron chi connectivity index (χ1n) is 29.5. The number of halogens is 1. The van der Waals surface area contributed by atoms with Crippen LogP contribution in [0.25, 0.3) is 43.4 Å². The predicted molar refractivity (Wildman–Crippen MR) is 318 cm³/mol. The molecule has 3 amide bonds. The Hall–Kier alpha value is -7.53. The normalized spacial score (nSPS) is 22.6. The maximum absolute atomic E-state index is 17.2. The van der Waals surface area contributed by atoms with Crippen LogP contribution in [0.15, 0.2) is 76.9 Å². The highest BCUT2D eigenvalue weighted by Gasteiger charge is 2.44. The third-order valence-electron chi connectivity index (χ3n) is 17.9. The Morgan fingerprint density at radius 1 is 0.917 bits per heavy atom. The highest BCUT2D eigenvalue weighted by molar-refractivity contribution is 7.13. The molecule has 4 unspecified atom stereocenters. The number of aromatic nitrogens is 5. The Morgan fingerprint density at radius 2 is 1.67 bits per heavy atom. The van der Waals surface area contributed by atoms with Crippen molar-refractivity contribution < 1.29 is 43.0 Å². The van der Waals surface area contributed by atoms with Crippen LogP contribution in [0.5, 0.6) is 11.8 Å². The van der Waals surface area contributed by atoms with Crippen LogP contribution in [-0.2, 0) is 20.7 Å². The number of β-amino-alcohol motifs (C(OH)–C–C–N with tert-alkyl or cyclic N) is 1. The van der Waals surface area contributed by atoms with E-state index in [1.54, 1.807) is 40.6 Å². The van der Waals surface area contributed by atoms with Crippen LogP contribution in [0.3, 0.4) is 0 Å². The Kier molecular flexibility index (Phi) is 16.2. The number of thiazole rings is 1. The van der Waals surface area contributed by atoms with Crippen LogP contribution in [0.2, 0.25) is 0 Å². The largest absolute Gasteiger partial charge is 0.508 e. The molecule has 5 fully saturated rings. The predicted octanol–water partition coefficient (Wildman–Crippen LogP) is 7.99. The van der Waals surface area contributed by atoms with E-state index >= 15 is 4.39 Å². The second-order valence-corrected chi connectivity index (χ2v) is 24.5. The van der Waals surface area contributed by atoms with Crippen molar-refractivity contribution in [2.45, 2.75) is 121 Å². The van der Waals surface area contributed by atoms with Crippen molar-refractivity contribution >= 4 is 62.6 Å². The number of likely N-dealkylation sites (N-methyl/N-ethyl adjacent to an activating group) is 1. The van der Waals surface area contributed by atoms with Crippen LogP contribution < -0.4 is 25.2 Å². The fourth-order valence-electron chi connectivity index (χ4n) is 13.2. The van der Waals surface area contributed by atoms with Crippen LogP contribution in [0.4, 0.5) is 20.8 Å². The zero-order valence-electron chi connectivity index (χ0n) is 48.3. The number of piperazine rings is 2. The molecule has 9 heterocycles.